The van der Waals surface area contributed by atoms with E-state index in [1.807, 2.05) is 0 Å². The quantitative estimate of drug-likeness (QED) is 0.613. The Morgan fingerprint density at radius 1 is 1.36 bits per heavy atom. The molecule has 2 heterocycles. The van der Waals surface area contributed by atoms with Crippen LogP contribution in [-0.2, 0) is 7.05 Å². The van der Waals surface area contributed by atoms with Crippen LogP contribution in [0.3, 0.4) is 0 Å². The fourth-order valence-electron chi connectivity index (χ4n) is 1.03. The average Bonchev–Trinajstić information content (AvgIpc) is 2.65. The molecule has 0 saturated carbocycles. The number of aryl methyl sites for hydroxylation is 1. The van der Waals surface area contributed by atoms with Gasteiger partial charge in [0.2, 0.25) is 11.6 Å². The molecule has 0 spiro atoms. The van der Waals surface area contributed by atoms with Crippen LogP contribution in [0.4, 0.5) is 0 Å². The lowest BCUT2D eigenvalue weighted by atomic mass is 10.3. The Labute approximate surface area is 79.6 Å². The first-order valence-electron chi connectivity index (χ1n) is 3.95. The molecule has 0 bridgehead atoms. The number of hydrogen-bond acceptors (Lipinski definition) is 5. The van der Waals surface area contributed by atoms with E-state index < -0.39 is 0 Å². The van der Waals surface area contributed by atoms with Gasteiger partial charge in [0.05, 0.1) is 6.20 Å². The number of carbonyl (C=O) groups excluding carboxylic acids is 1. The van der Waals surface area contributed by atoms with Gasteiger partial charge in [0.15, 0.2) is 0 Å². The second-order valence-corrected chi connectivity index (χ2v) is 2.64. The Morgan fingerprint density at radius 3 is 2.64 bits per heavy atom. The van der Waals surface area contributed by atoms with Crippen LogP contribution in [0.15, 0.2) is 24.7 Å². The number of rotatable bonds is 2. The molecule has 0 aliphatic carbocycles. The van der Waals surface area contributed by atoms with Gasteiger partial charge in [0.1, 0.15) is 5.69 Å². The molecule has 0 N–H and O–H groups in total. The van der Waals surface area contributed by atoms with Gasteiger partial charge in [-0.15, -0.1) is 5.10 Å². The summed E-state index contributed by atoms with van der Waals surface area (Å²) in [5, 5.41) is 7.26. The predicted molar refractivity (Wildman–Crippen MR) is 46.5 cm³/mol. The molecule has 0 radical (unpaired) electrons. The molecule has 70 valence electrons. The molecule has 2 rings (SSSR count). The third kappa shape index (κ3) is 1.37. The summed E-state index contributed by atoms with van der Waals surface area (Å²) in [7, 11) is 1.64. The Morgan fingerprint density at radius 2 is 2.07 bits per heavy atom. The third-order valence-corrected chi connectivity index (χ3v) is 1.72. The van der Waals surface area contributed by atoms with Crippen LogP contribution in [-0.4, -0.2) is 30.7 Å². The Hall–Kier alpha value is -2.11. The standard InChI is InChI=1S/C8H7N5O/c1-13-6(5-11-12-13)7(14)8-9-3-2-4-10-8/h2-5H,1H3. The van der Waals surface area contributed by atoms with Crippen molar-refractivity contribution in [3.8, 4) is 0 Å². The topological polar surface area (TPSA) is 73.6 Å². The minimum atomic E-state index is -0.280. The largest absolute Gasteiger partial charge is 0.283 e. The fraction of sp³-hybridized carbons (Fsp3) is 0.125. The number of ketones is 1. The zero-order chi connectivity index (χ0) is 9.97. The SMILES string of the molecule is Cn1nncc1C(=O)c1ncccn1. The van der Waals surface area contributed by atoms with E-state index in [0.717, 1.165) is 0 Å². The van der Waals surface area contributed by atoms with Crippen molar-refractivity contribution in [1.82, 2.24) is 25.0 Å². The molecule has 6 nitrogen and oxygen atoms in total. The molecule has 2 aromatic heterocycles. The van der Waals surface area contributed by atoms with Crippen molar-refractivity contribution in [2.75, 3.05) is 0 Å². The van der Waals surface area contributed by atoms with Crippen molar-refractivity contribution in [2.24, 2.45) is 7.05 Å². The number of hydrogen-bond donors (Lipinski definition) is 0. The van der Waals surface area contributed by atoms with Crippen LogP contribution in [0.25, 0.3) is 0 Å². The molecule has 0 amide bonds. The van der Waals surface area contributed by atoms with E-state index in [0.29, 0.717) is 5.69 Å². The summed E-state index contributed by atoms with van der Waals surface area (Å²) in [6.07, 6.45) is 4.42. The summed E-state index contributed by atoms with van der Waals surface area (Å²) in [5.74, 6) is -0.129. The van der Waals surface area contributed by atoms with Gasteiger partial charge in [-0.2, -0.15) is 0 Å². The van der Waals surface area contributed by atoms with E-state index >= 15 is 0 Å². The summed E-state index contributed by atoms with van der Waals surface area (Å²) in [6, 6.07) is 1.65. The maximum Gasteiger partial charge on any atom is 0.249 e. The first-order valence-corrected chi connectivity index (χ1v) is 3.95. The zero-order valence-corrected chi connectivity index (χ0v) is 7.45. The van der Waals surface area contributed by atoms with Gasteiger partial charge in [0, 0.05) is 19.4 Å². The number of aromatic nitrogens is 5. The van der Waals surface area contributed by atoms with E-state index in [9.17, 15) is 4.79 Å². The van der Waals surface area contributed by atoms with Crippen molar-refractivity contribution in [3.63, 3.8) is 0 Å². The summed E-state index contributed by atoms with van der Waals surface area (Å²) in [5.41, 5.74) is 0.371. The van der Waals surface area contributed by atoms with Gasteiger partial charge in [-0.3, -0.25) is 4.79 Å². The van der Waals surface area contributed by atoms with E-state index in [-0.39, 0.29) is 11.6 Å². The summed E-state index contributed by atoms with van der Waals surface area (Å²) in [4.78, 5) is 19.4. The van der Waals surface area contributed by atoms with E-state index in [4.69, 9.17) is 0 Å². The molecule has 2 aromatic rings. The van der Waals surface area contributed by atoms with Crippen LogP contribution in [0.2, 0.25) is 0 Å². The van der Waals surface area contributed by atoms with Crippen LogP contribution in [0.5, 0.6) is 0 Å². The second-order valence-electron chi connectivity index (χ2n) is 2.64. The number of nitrogens with zero attached hydrogens (tertiary/aromatic N) is 5. The van der Waals surface area contributed by atoms with Gasteiger partial charge >= 0.3 is 0 Å². The van der Waals surface area contributed by atoms with Gasteiger partial charge in [-0.25, -0.2) is 14.6 Å². The molecule has 0 aliphatic heterocycles. The molecule has 0 atom stereocenters. The molecule has 14 heavy (non-hydrogen) atoms. The zero-order valence-electron chi connectivity index (χ0n) is 7.45. The first kappa shape index (κ1) is 8.49. The smallest absolute Gasteiger partial charge is 0.249 e. The average molecular weight is 189 g/mol. The molecular weight excluding hydrogens is 182 g/mol. The second kappa shape index (κ2) is 3.33. The monoisotopic (exact) mass is 189 g/mol. The summed E-state index contributed by atoms with van der Waals surface area (Å²) < 4.78 is 1.39. The predicted octanol–water partition coefficient (Wildman–Crippen LogP) is -0.164. The lowest BCUT2D eigenvalue weighted by Gasteiger charge is -1.97. The minimum Gasteiger partial charge on any atom is -0.283 e. The van der Waals surface area contributed by atoms with E-state index in [1.54, 1.807) is 13.1 Å². The van der Waals surface area contributed by atoms with Crippen LogP contribution in [0.1, 0.15) is 16.3 Å². The minimum absolute atomic E-state index is 0.151. The fourth-order valence-corrected chi connectivity index (χ4v) is 1.03. The lowest BCUT2D eigenvalue weighted by Crippen LogP contribution is -2.11. The van der Waals surface area contributed by atoms with E-state index in [1.165, 1.54) is 23.3 Å². The van der Waals surface area contributed by atoms with Crippen molar-refractivity contribution in [1.29, 1.82) is 0 Å². The number of carbonyl (C=O) groups is 1. The lowest BCUT2D eigenvalue weighted by molar-refractivity contribution is 0.102. The van der Waals surface area contributed by atoms with Crippen LogP contribution >= 0.6 is 0 Å². The van der Waals surface area contributed by atoms with Crippen LogP contribution < -0.4 is 0 Å². The highest BCUT2D eigenvalue weighted by Crippen LogP contribution is 2.01. The van der Waals surface area contributed by atoms with Gasteiger partial charge in [0.25, 0.3) is 0 Å². The molecule has 0 fully saturated rings. The Balaban J connectivity index is 2.39. The third-order valence-electron chi connectivity index (χ3n) is 1.72. The van der Waals surface area contributed by atoms with E-state index in [2.05, 4.69) is 20.3 Å². The summed E-state index contributed by atoms with van der Waals surface area (Å²) >= 11 is 0. The van der Waals surface area contributed by atoms with Crippen molar-refractivity contribution in [3.05, 3.63) is 36.2 Å². The highest BCUT2D eigenvalue weighted by molar-refractivity contribution is 6.04. The molecule has 0 saturated heterocycles. The molecular formula is C8H7N5O. The highest BCUT2D eigenvalue weighted by Gasteiger charge is 2.15. The van der Waals surface area contributed by atoms with Gasteiger partial charge < -0.3 is 0 Å². The maximum atomic E-state index is 11.7. The Kier molecular flexibility index (Phi) is 2.02. The van der Waals surface area contributed by atoms with Gasteiger partial charge in [-0.1, -0.05) is 5.21 Å². The first-order chi connectivity index (χ1) is 6.79. The van der Waals surface area contributed by atoms with Crippen molar-refractivity contribution in [2.45, 2.75) is 0 Å². The van der Waals surface area contributed by atoms with Crippen molar-refractivity contribution < 1.29 is 4.79 Å². The van der Waals surface area contributed by atoms with Gasteiger partial charge in [-0.05, 0) is 6.07 Å². The Bertz CT molecular complexity index is 450. The van der Waals surface area contributed by atoms with Crippen LogP contribution in [0, 0.1) is 0 Å². The molecule has 0 aromatic carbocycles. The molecule has 6 heteroatoms. The molecule has 0 unspecified atom stereocenters. The normalized spacial score (nSPS) is 10.1. The maximum absolute atomic E-state index is 11.7. The molecule has 0 aliphatic rings. The van der Waals surface area contributed by atoms with Crippen molar-refractivity contribution >= 4 is 5.78 Å². The summed E-state index contributed by atoms with van der Waals surface area (Å²) in [6.45, 7) is 0. The highest BCUT2D eigenvalue weighted by atomic mass is 16.1.